The van der Waals surface area contributed by atoms with E-state index in [4.69, 9.17) is 5.73 Å². The highest BCUT2D eigenvalue weighted by molar-refractivity contribution is 5.95. The van der Waals surface area contributed by atoms with Crippen LogP contribution in [0.5, 0.6) is 0 Å². The van der Waals surface area contributed by atoms with Gasteiger partial charge in [-0.1, -0.05) is 0 Å². The molecule has 2 heterocycles. The van der Waals surface area contributed by atoms with E-state index in [0.29, 0.717) is 5.69 Å². The van der Waals surface area contributed by atoms with Gasteiger partial charge in [-0.25, -0.2) is 0 Å². The molecular weight excluding hydrogens is 258 g/mol. The molecule has 3 N–H and O–H groups in total. The quantitative estimate of drug-likeness (QED) is 0.770. The maximum Gasteiger partial charge on any atom is 0.272 e. The van der Waals surface area contributed by atoms with Gasteiger partial charge < -0.3 is 16.0 Å². The first-order valence-electron chi connectivity index (χ1n) is 6.79. The first kappa shape index (κ1) is 14.5. The van der Waals surface area contributed by atoms with E-state index in [1.54, 1.807) is 22.7 Å². The summed E-state index contributed by atoms with van der Waals surface area (Å²) in [6.45, 7) is 3.47. The summed E-state index contributed by atoms with van der Waals surface area (Å²) in [6.07, 6.45) is 1.66. The van der Waals surface area contributed by atoms with E-state index in [-0.39, 0.29) is 18.5 Å². The molecule has 0 radical (unpaired) electrons. The fourth-order valence-corrected chi connectivity index (χ4v) is 2.61. The number of carbonyl (C=O) groups is 2. The summed E-state index contributed by atoms with van der Waals surface area (Å²) in [5.74, 6) is -0.672. The number of aryl methyl sites for hydroxylation is 2. The van der Waals surface area contributed by atoms with Crippen molar-refractivity contribution in [3.63, 3.8) is 0 Å². The highest BCUT2D eigenvalue weighted by atomic mass is 16.2. The number of hydrogen-bond acceptors (Lipinski definition) is 4. The standard InChI is InChI=1S/C13H21N5O2/c1-9-7-11(17(2)16-9)13(20)18(8-12(14)19)10-3-5-15-6-4-10/h7,10,15H,3-6,8H2,1-2H3,(H2,14,19). The molecule has 0 bridgehead atoms. The van der Waals surface area contributed by atoms with Gasteiger partial charge in [-0.05, 0) is 38.9 Å². The normalized spacial score (nSPS) is 16.1. The molecule has 20 heavy (non-hydrogen) atoms. The van der Waals surface area contributed by atoms with E-state index in [9.17, 15) is 9.59 Å². The molecular formula is C13H21N5O2. The van der Waals surface area contributed by atoms with Gasteiger partial charge in [0.2, 0.25) is 5.91 Å². The molecule has 1 saturated heterocycles. The zero-order valence-electron chi connectivity index (χ0n) is 11.9. The lowest BCUT2D eigenvalue weighted by Gasteiger charge is -2.33. The van der Waals surface area contributed by atoms with Crippen LogP contribution in [0.3, 0.4) is 0 Å². The number of carbonyl (C=O) groups excluding carboxylic acids is 2. The monoisotopic (exact) mass is 279 g/mol. The predicted molar refractivity (Wildman–Crippen MR) is 74.1 cm³/mol. The third kappa shape index (κ3) is 3.16. The van der Waals surface area contributed by atoms with Crippen LogP contribution in [0.15, 0.2) is 6.07 Å². The van der Waals surface area contributed by atoms with Crippen LogP contribution in [0.4, 0.5) is 0 Å². The Bertz CT molecular complexity index is 505. The average molecular weight is 279 g/mol. The number of nitrogens with one attached hydrogen (secondary N) is 1. The van der Waals surface area contributed by atoms with Crippen molar-refractivity contribution in [2.45, 2.75) is 25.8 Å². The van der Waals surface area contributed by atoms with Gasteiger partial charge in [0.1, 0.15) is 5.69 Å². The molecule has 1 aliphatic heterocycles. The molecule has 0 unspecified atom stereocenters. The summed E-state index contributed by atoms with van der Waals surface area (Å²) in [5.41, 5.74) is 6.55. The summed E-state index contributed by atoms with van der Waals surface area (Å²) in [6, 6.07) is 1.78. The van der Waals surface area contributed by atoms with Gasteiger partial charge in [-0.15, -0.1) is 0 Å². The Kier molecular flexibility index (Phi) is 4.39. The van der Waals surface area contributed by atoms with Crippen molar-refractivity contribution in [1.82, 2.24) is 20.0 Å². The van der Waals surface area contributed by atoms with Crippen molar-refractivity contribution >= 4 is 11.8 Å². The molecule has 0 aromatic carbocycles. The van der Waals surface area contributed by atoms with E-state index in [2.05, 4.69) is 10.4 Å². The lowest BCUT2D eigenvalue weighted by Crippen LogP contribution is -2.49. The molecule has 1 fully saturated rings. The van der Waals surface area contributed by atoms with Gasteiger partial charge >= 0.3 is 0 Å². The fourth-order valence-electron chi connectivity index (χ4n) is 2.61. The van der Waals surface area contributed by atoms with Crippen molar-refractivity contribution in [2.75, 3.05) is 19.6 Å². The van der Waals surface area contributed by atoms with E-state index in [1.165, 1.54) is 0 Å². The highest BCUT2D eigenvalue weighted by Crippen LogP contribution is 2.16. The maximum absolute atomic E-state index is 12.7. The minimum Gasteiger partial charge on any atom is -0.368 e. The van der Waals surface area contributed by atoms with Crippen LogP contribution in [0.1, 0.15) is 29.0 Å². The molecule has 1 aromatic heterocycles. The second-order valence-corrected chi connectivity index (χ2v) is 5.18. The Balaban J connectivity index is 2.23. The average Bonchev–Trinajstić information content (AvgIpc) is 2.75. The van der Waals surface area contributed by atoms with Gasteiger partial charge in [-0.2, -0.15) is 5.10 Å². The number of hydrogen-bond donors (Lipinski definition) is 2. The number of piperidine rings is 1. The largest absolute Gasteiger partial charge is 0.368 e. The molecule has 1 aliphatic rings. The van der Waals surface area contributed by atoms with Crippen molar-refractivity contribution in [2.24, 2.45) is 12.8 Å². The summed E-state index contributed by atoms with van der Waals surface area (Å²) < 4.78 is 1.55. The van der Waals surface area contributed by atoms with Crippen LogP contribution in [-0.2, 0) is 11.8 Å². The molecule has 0 atom stereocenters. The molecule has 7 nitrogen and oxygen atoms in total. The second kappa shape index (κ2) is 6.04. The minimum atomic E-state index is -0.490. The molecule has 2 rings (SSSR count). The molecule has 110 valence electrons. The number of rotatable bonds is 4. The maximum atomic E-state index is 12.7. The lowest BCUT2D eigenvalue weighted by atomic mass is 10.0. The van der Waals surface area contributed by atoms with E-state index in [1.807, 2.05) is 6.92 Å². The zero-order valence-corrected chi connectivity index (χ0v) is 11.9. The van der Waals surface area contributed by atoms with E-state index in [0.717, 1.165) is 31.6 Å². The Hall–Kier alpha value is -1.89. The summed E-state index contributed by atoms with van der Waals surface area (Å²) in [7, 11) is 1.73. The Labute approximate surface area is 118 Å². The number of nitrogens with two attached hydrogens (primary N) is 1. The number of nitrogens with zero attached hydrogens (tertiary/aromatic N) is 3. The van der Waals surface area contributed by atoms with Gasteiger partial charge in [-0.3, -0.25) is 14.3 Å². The molecule has 0 spiro atoms. The number of primary amides is 1. The Morgan fingerprint density at radius 2 is 2.15 bits per heavy atom. The molecule has 2 amide bonds. The number of amides is 2. The highest BCUT2D eigenvalue weighted by Gasteiger charge is 2.29. The molecule has 0 aliphatic carbocycles. The Morgan fingerprint density at radius 3 is 2.65 bits per heavy atom. The van der Waals surface area contributed by atoms with Crippen LogP contribution < -0.4 is 11.1 Å². The minimum absolute atomic E-state index is 0.0476. The van der Waals surface area contributed by atoms with Crippen LogP contribution >= 0.6 is 0 Å². The van der Waals surface area contributed by atoms with E-state index >= 15 is 0 Å². The van der Waals surface area contributed by atoms with Gasteiger partial charge in [0.15, 0.2) is 0 Å². The first-order chi connectivity index (χ1) is 9.49. The van der Waals surface area contributed by atoms with Crippen molar-refractivity contribution in [3.05, 3.63) is 17.5 Å². The van der Waals surface area contributed by atoms with Crippen LogP contribution in [0.25, 0.3) is 0 Å². The smallest absolute Gasteiger partial charge is 0.272 e. The Morgan fingerprint density at radius 1 is 1.50 bits per heavy atom. The second-order valence-electron chi connectivity index (χ2n) is 5.18. The van der Waals surface area contributed by atoms with Gasteiger partial charge in [0, 0.05) is 13.1 Å². The van der Waals surface area contributed by atoms with Gasteiger partial charge in [0.05, 0.1) is 12.2 Å². The zero-order chi connectivity index (χ0) is 14.7. The van der Waals surface area contributed by atoms with E-state index < -0.39 is 5.91 Å². The predicted octanol–water partition coefficient (Wildman–Crippen LogP) is -0.592. The topological polar surface area (TPSA) is 93.2 Å². The summed E-state index contributed by atoms with van der Waals surface area (Å²) >= 11 is 0. The number of aromatic nitrogens is 2. The van der Waals surface area contributed by atoms with Crippen molar-refractivity contribution in [1.29, 1.82) is 0 Å². The van der Waals surface area contributed by atoms with Crippen LogP contribution in [0.2, 0.25) is 0 Å². The molecule has 0 saturated carbocycles. The van der Waals surface area contributed by atoms with Gasteiger partial charge in [0.25, 0.3) is 5.91 Å². The molecule has 1 aromatic rings. The third-order valence-electron chi connectivity index (χ3n) is 3.56. The summed E-state index contributed by atoms with van der Waals surface area (Å²) in [5, 5.41) is 7.42. The third-order valence-corrected chi connectivity index (χ3v) is 3.56. The van der Waals surface area contributed by atoms with Crippen molar-refractivity contribution in [3.8, 4) is 0 Å². The van der Waals surface area contributed by atoms with Crippen LogP contribution in [-0.4, -0.2) is 52.2 Å². The summed E-state index contributed by atoms with van der Waals surface area (Å²) in [4.78, 5) is 25.5. The van der Waals surface area contributed by atoms with Crippen molar-refractivity contribution < 1.29 is 9.59 Å². The molecule has 7 heteroatoms. The van der Waals surface area contributed by atoms with Crippen LogP contribution in [0, 0.1) is 6.92 Å². The fraction of sp³-hybridized carbons (Fsp3) is 0.615. The SMILES string of the molecule is Cc1cc(C(=O)N(CC(N)=O)C2CCNCC2)n(C)n1. The first-order valence-corrected chi connectivity index (χ1v) is 6.79. The lowest BCUT2D eigenvalue weighted by molar-refractivity contribution is -0.119.